The Morgan fingerprint density at radius 2 is 2.00 bits per heavy atom. The summed E-state index contributed by atoms with van der Waals surface area (Å²) in [5, 5.41) is 0. The number of furan rings is 1. The van der Waals surface area contributed by atoms with E-state index in [-0.39, 0.29) is 5.97 Å². The molecule has 0 aliphatic rings. The van der Waals surface area contributed by atoms with E-state index in [0.29, 0.717) is 24.4 Å². The molecule has 5 heteroatoms. The van der Waals surface area contributed by atoms with Crippen LogP contribution in [0.3, 0.4) is 0 Å². The summed E-state index contributed by atoms with van der Waals surface area (Å²) in [4.78, 5) is 10.9. The Bertz CT molecular complexity index is 327. The molecule has 0 N–H and O–H groups in total. The predicted octanol–water partition coefficient (Wildman–Crippen LogP) is 1.68. The average molecular weight is 228 g/mol. The molecule has 0 aliphatic heterocycles. The first-order valence-corrected chi connectivity index (χ1v) is 4.92. The molecule has 0 saturated carbocycles. The summed E-state index contributed by atoms with van der Waals surface area (Å²) in [6.45, 7) is 0. The van der Waals surface area contributed by atoms with Crippen molar-refractivity contribution < 1.29 is 23.4 Å². The summed E-state index contributed by atoms with van der Waals surface area (Å²) in [7, 11) is 4.43. The van der Waals surface area contributed by atoms with E-state index in [1.54, 1.807) is 12.1 Å². The van der Waals surface area contributed by atoms with Gasteiger partial charge in [-0.1, -0.05) is 0 Å². The molecule has 0 aliphatic carbocycles. The van der Waals surface area contributed by atoms with Crippen LogP contribution in [0.5, 0.6) is 0 Å². The first-order chi connectivity index (χ1) is 7.71. The number of hydrogen-bond acceptors (Lipinski definition) is 5. The molecule has 16 heavy (non-hydrogen) atoms. The van der Waals surface area contributed by atoms with Gasteiger partial charge in [-0.3, -0.25) is 4.79 Å². The molecule has 1 aromatic heterocycles. The van der Waals surface area contributed by atoms with Crippen LogP contribution in [-0.4, -0.2) is 27.3 Å². The lowest BCUT2D eigenvalue weighted by Gasteiger charge is -2.09. The third-order valence-corrected chi connectivity index (χ3v) is 2.15. The molecule has 0 aromatic carbocycles. The summed E-state index contributed by atoms with van der Waals surface area (Å²) in [6.07, 6.45) is 0.299. The van der Waals surface area contributed by atoms with Crippen molar-refractivity contribution in [2.75, 3.05) is 21.3 Å². The van der Waals surface area contributed by atoms with E-state index in [1.165, 1.54) is 21.3 Å². The number of hydrogen-bond donors (Lipinski definition) is 0. The fraction of sp³-hybridized carbons (Fsp3) is 0.545. The second kappa shape index (κ2) is 6.30. The zero-order chi connectivity index (χ0) is 12.0. The quantitative estimate of drug-likeness (QED) is 0.547. The van der Waals surface area contributed by atoms with Gasteiger partial charge in [0.25, 0.3) is 0 Å². The molecule has 0 radical (unpaired) electrons. The maximum atomic E-state index is 10.9. The molecule has 1 rings (SSSR count). The highest BCUT2D eigenvalue weighted by molar-refractivity contribution is 5.69. The van der Waals surface area contributed by atoms with Gasteiger partial charge in [0.1, 0.15) is 5.76 Å². The van der Waals surface area contributed by atoms with Gasteiger partial charge in [-0.15, -0.1) is 0 Å². The Morgan fingerprint density at radius 1 is 1.31 bits per heavy atom. The van der Waals surface area contributed by atoms with E-state index in [0.717, 1.165) is 0 Å². The van der Waals surface area contributed by atoms with Crippen LogP contribution in [0.25, 0.3) is 0 Å². The van der Waals surface area contributed by atoms with Gasteiger partial charge in [-0.05, 0) is 12.1 Å². The van der Waals surface area contributed by atoms with Crippen molar-refractivity contribution >= 4 is 5.97 Å². The van der Waals surface area contributed by atoms with E-state index >= 15 is 0 Å². The second-order valence-electron chi connectivity index (χ2n) is 3.18. The van der Waals surface area contributed by atoms with Crippen LogP contribution >= 0.6 is 0 Å². The lowest BCUT2D eigenvalue weighted by Crippen LogP contribution is -2.02. The molecule has 0 atom stereocenters. The van der Waals surface area contributed by atoms with Gasteiger partial charge in [0.2, 0.25) is 6.29 Å². The molecule has 0 fully saturated rings. The highest BCUT2D eigenvalue weighted by atomic mass is 16.7. The van der Waals surface area contributed by atoms with Crippen molar-refractivity contribution in [2.45, 2.75) is 19.1 Å². The van der Waals surface area contributed by atoms with Gasteiger partial charge in [0, 0.05) is 20.6 Å². The molecule has 1 aromatic rings. The average Bonchev–Trinajstić information content (AvgIpc) is 2.76. The minimum Gasteiger partial charge on any atom is -0.469 e. The first kappa shape index (κ1) is 12.7. The number of methoxy groups -OCH3 is 3. The standard InChI is InChI=1S/C11H16O5/c1-13-10(12)7-5-8-4-6-9(16-8)11(14-2)15-3/h4,6,11H,5,7H2,1-3H3. The summed E-state index contributed by atoms with van der Waals surface area (Å²) in [6, 6.07) is 3.56. The molecule has 1 heterocycles. The van der Waals surface area contributed by atoms with Crippen molar-refractivity contribution in [3.63, 3.8) is 0 Å². The van der Waals surface area contributed by atoms with E-state index in [1.807, 2.05) is 0 Å². The fourth-order valence-corrected chi connectivity index (χ4v) is 1.31. The highest BCUT2D eigenvalue weighted by Gasteiger charge is 2.14. The SMILES string of the molecule is COC(=O)CCc1ccc(C(OC)OC)o1. The lowest BCUT2D eigenvalue weighted by molar-refractivity contribution is -0.140. The summed E-state index contributed by atoms with van der Waals surface area (Å²) in [5.74, 6) is 1.04. The minimum atomic E-state index is -0.508. The molecular formula is C11H16O5. The van der Waals surface area contributed by atoms with Crippen molar-refractivity contribution in [3.8, 4) is 0 Å². The first-order valence-electron chi connectivity index (χ1n) is 4.92. The van der Waals surface area contributed by atoms with E-state index in [2.05, 4.69) is 4.74 Å². The topological polar surface area (TPSA) is 57.9 Å². The molecule has 0 bridgehead atoms. The second-order valence-corrected chi connectivity index (χ2v) is 3.18. The Labute approximate surface area is 94.3 Å². The molecular weight excluding hydrogens is 212 g/mol. The lowest BCUT2D eigenvalue weighted by atomic mass is 10.2. The molecule has 0 spiro atoms. The van der Waals surface area contributed by atoms with Crippen LogP contribution in [0.15, 0.2) is 16.5 Å². The van der Waals surface area contributed by atoms with E-state index in [9.17, 15) is 4.79 Å². The van der Waals surface area contributed by atoms with Crippen molar-refractivity contribution in [1.82, 2.24) is 0 Å². The highest BCUT2D eigenvalue weighted by Crippen LogP contribution is 2.20. The van der Waals surface area contributed by atoms with Crippen LogP contribution in [0.2, 0.25) is 0 Å². The number of carbonyl (C=O) groups excluding carboxylic acids is 1. The van der Waals surface area contributed by atoms with Crippen molar-refractivity contribution in [1.29, 1.82) is 0 Å². The molecule has 5 nitrogen and oxygen atoms in total. The van der Waals surface area contributed by atoms with Gasteiger partial charge >= 0.3 is 5.97 Å². The van der Waals surface area contributed by atoms with Gasteiger partial charge in [-0.2, -0.15) is 0 Å². The van der Waals surface area contributed by atoms with Gasteiger partial charge in [-0.25, -0.2) is 0 Å². The third-order valence-electron chi connectivity index (χ3n) is 2.15. The predicted molar refractivity (Wildman–Crippen MR) is 55.8 cm³/mol. The maximum Gasteiger partial charge on any atom is 0.305 e. The number of carbonyl (C=O) groups is 1. The van der Waals surface area contributed by atoms with Gasteiger partial charge in [0.05, 0.1) is 13.5 Å². The van der Waals surface area contributed by atoms with E-state index < -0.39 is 6.29 Å². The Hall–Kier alpha value is -1.33. The van der Waals surface area contributed by atoms with Crippen molar-refractivity contribution in [2.24, 2.45) is 0 Å². The smallest absolute Gasteiger partial charge is 0.305 e. The summed E-state index contributed by atoms with van der Waals surface area (Å²) >= 11 is 0. The monoisotopic (exact) mass is 228 g/mol. The van der Waals surface area contributed by atoms with Crippen LogP contribution < -0.4 is 0 Å². The van der Waals surface area contributed by atoms with Crippen LogP contribution in [-0.2, 0) is 25.4 Å². The zero-order valence-corrected chi connectivity index (χ0v) is 9.69. The number of rotatable bonds is 6. The van der Waals surface area contributed by atoms with E-state index in [4.69, 9.17) is 13.9 Å². The summed E-state index contributed by atoms with van der Waals surface area (Å²) in [5.41, 5.74) is 0. The third kappa shape index (κ3) is 3.36. The molecule has 90 valence electrons. The number of esters is 1. The van der Waals surface area contributed by atoms with Gasteiger partial charge in [0.15, 0.2) is 5.76 Å². The van der Waals surface area contributed by atoms with Gasteiger partial charge < -0.3 is 18.6 Å². The molecule has 0 saturated heterocycles. The van der Waals surface area contributed by atoms with Crippen molar-refractivity contribution in [3.05, 3.63) is 23.7 Å². The Kier molecular flexibility index (Phi) is 5.01. The van der Waals surface area contributed by atoms with Crippen LogP contribution in [0.1, 0.15) is 24.2 Å². The fourth-order valence-electron chi connectivity index (χ4n) is 1.31. The summed E-state index contributed by atoms with van der Waals surface area (Å²) < 4.78 is 20.1. The van der Waals surface area contributed by atoms with Crippen LogP contribution in [0.4, 0.5) is 0 Å². The number of ether oxygens (including phenoxy) is 3. The number of aryl methyl sites for hydroxylation is 1. The Morgan fingerprint density at radius 3 is 2.56 bits per heavy atom. The van der Waals surface area contributed by atoms with Crippen LogP contribution in [0, 0.1) is 0 Å². The Balaban J connectivity index is 2.54. The molecule has 0 unspecified atom stereocenters. The largest absolute Gasteiger partial charge is 0.469 e. The maximum absolute atomic E-state index is 10.9. The minimum absolute atomic E-state index is 0.256. The molecule has 0 amide bonds. The zero-order valence-electron chi connectivity index (χ0n) is 9.69. The normalized spacial score (nSPS) is 10.8.